The quantitative estimate of drug-likeness (QED) is 0.302. The number of guanidine groups is 1. The SMILES string of the molecule is CCN1CCCC1CNC(=NC)NCc1ccc(NC(=O)c2ccco2)cc1.I. The first-order valence-electron chi connectivity index (χ1n) is 9.82. The molecule has 29 heavy (non-hydrogen) atoms. The number of amides is 1. The maximum Gasteiger partial charge on any atom is 0.291 e. The van der Waals surface area contributed by atoms with Crippen molar-refractivity contribution in [3.63, 3.8) is 0 Å². The average Bonchev–Trinajstić information content (AvgIpc) is 3.41. The number of hydrogen-bond donors (Lipinski definition) is 3. The van der Waals surface area contributed by atoms with Crippen LogP contribution in [0.1, 0.15) is 35.9 Å². The molecule has 1 aromatic carbocycles. The van der Waals surface area contributed by atoms with Crippen molar-refractivity contribution in [1.82, 2.24) is 15.5 Å². The number of hydrogen-bond acceptors (Lipinski definition) is 4. The Morgan fingerprint density at radius 1 is 1.24 bits per heavy atom. The Morgan fingerprint density at radius 2 is 2.03 bits per heavy atom. The molecule has 1 aliphatic heterocycles. The molecule has 1 amide bonds. The van der Waals surface area contributed by atoms with Gasteiger partial charge in [0.2, 0.25) is 0 Å². The molecule has 2 aromatic rings. The van der Waals surface area contributed by atoms with Crippen molar-refractivity contribution in [2.75, 3.05) is 32.0 Å². The second kappa shape index (κ2) is 11.8. The molecule has 0 saturated carbocycles. The van der Waals surface area contributed by atoms with Gasteiger partial charge in [-0.2, -0.15) is 0 Å². The second-order valence-electron chi connectivity index (χ2n) is 6.86. The van der Waals surface area contributed by atoms with Crippen LogP contribution in [0.2, 0.25) is 0 Å². The molecule has 0 bridgehead atoms. The van der Waals surface area contributed by atoms with Gasteiger partial charge in [0.25, 0.3) is 5.91 Å². The number of rotatable bonds is 7. The van der Waals surface area contributed by atoms with Crippen LogP contribution in [-0.4, -0.2) is 49.5 Å². The van der Waals surface area contributed by atoms with Gasteiger partial charge in [0.15, 0.2) is 11.7 Å². The number of halogens is 1. The number of nitrogens with zero attached hydrogens (tertiary/aromatic N) is 2. The molecule has 7 nitrogen and oxygen atoms in total. The van der Waals surface area contributed by atoms with Crippen molar-refractivity contribution in [1.29, 1.82) is 0 Å². The maximum atomic E-state index is 12.0. The molecule has 1 aliphatic rings. The zero-order valence-corrected chi connectivity index (χ0v) is 19.3. The van der Waals surface area contributed by atoms with Crippen molar-refractivity contribution in [2.24, 2.45) is 4.99 Å². The lowest BCUT2D eigenvalue weighted by Crippen LogP contribution is -2.44. The van der Waals surface area contributed by atoms with Crippen molar-refractivity contribution in [3.05, 3.63) is 54.0 Å². The standard InChI is InChI=1S/C21H29N5O2.HI/c1-3-26-12-4-6-18(26)15-24-21(22-2)23-14-16-8-10-17(11-9-16)25-20(27)19-7-5-13-28-19;/h5,7-11,13,18H,3-4,6,12,14-15H2,1-2H3,(H,25,27)(H2,22,23,24);1H. The van der Waals surface area contributed by atoms with Crippen molar-refractivity contribution < 1.29 is 9.21 Å². The number of carbonyl (C=O) groups excluding carboxylic acids is 1. The molecular weight excluding hydrogens is 481 g/mol. The van der Waals surface area contributed by atoms with Gasteiger partial charge in [-0.05, 0) is 55.8 Å². The van der Waals surface area contributed by atoms with Crippen LogP contribution in [-0.2, 0) is 6.54 Å². The Bertz CT molecular complexity index is 777. The molecule has 1 aromatic heterocycles. The van der Waals surface area contributed by atoms with E-state index >= 15 is 0 Å². The molecule has 0 aliphatic carbocycles. The van der Waals surface area contributed by atoms with Crippen LogP contribution in [0.3, 0.4) is 0 Å². The molecule has 3 rings (SSSR count). The number of furan rings is 1. The normalized spacial score (nSPS) is 16.9. The number of carbonyl (C=O) groups is 1. The van der Waals surface area contributed by atoms with Crippen LogP contribution in [0.25, 0.3) is 0 Å². The molecule has 2 heterocycles. The van der Waals surface area contributed by atoms with Crippen LogP contribution < -0.4 is 16.0 Å². The van der Waals surface area contributed by atoms with E-state index in [0.717, 1.165) is 30.3 Å². The highest BCUT2D eigenvalue weighted by Crippen LogP contribution is 2.15. The van der Waals surface area contributed by atoms with Crippen LogP contribution in [0, 0.1) is 0 Å². The van der Waals surface area contributed by atoms with Crippen LogP contribution in [0.5, 0.6) is 0 Å². The highest BCUT2D eigenvalue weighted by Gasteiger charge is 2.22. The number of benzene rings is 1. The Kier molecular flexibility index (Phi) is 9.46. The molecule has 1 unspecified atom stereocenters. The van der Waals surface area contributed by atoms with Gasteiger partial charge in [-0.25, -0.2) is 0 Å². The number of likely N-dealkylation sites (N-methyl/N-ethyl adjacent to an activating group) is 1. The Hall–Kier alpha value is -2.07. The molecule has 0 radical (unpaired) electrons. The van der Waals surface area contributed by atoms with E-state index in [0.29, 0.717) is 18.3 Å². The molecule has 0 spiro atoms. The van der Waals surface area contributed by atoms with Gasteiger partial charge >= 0.3 is 0 Å². The Balaban J connectivity index is 0.00000300. The van der Waals surface area contributed by atoms with Gasteiger partial charge in [-0.1, -0.05) is 19.1 Å². The van der Waals surface area contributed by atoms with Crippen LogP contribution >= 0.6 is 24.0 Å². The van der Waals surface area contributed by atoms with E-state index in [2.05, 4.69) is 32.8 Å². The number of likely N-dealkylation sites (tertiary alicyclic amines) is 1. The fourth-order valence-electron chi connectivity index (χ4n) is 3.47. The highest BCUT2D eigenvalue weighted by atomic mass is 127. The van der Waals surface area contributed by atoms with E-state index in [9.17, 15) is 4.79 Å². The molecule has 8 heteroatoms. The lowest BCUT2D eigenvalue weighted by Gasteiger charge is -2.24. The van der Waals surface area contributed by atoms with Crippen molar-refractivity contribution in [3.8, 4) is 0 Å². The summed E-state index contributed by atoms with van der Waals surface area (Å²) < 4.78 is 5.10. The van der Waals surface area contributed by atoms with E-state index in [1.54, 1.807) is 19.2 Å². The summed E-state index contributed by atoms with van der Waals surface area (Å²) in [6.07, 6.45) is 4.00. The Labute approximate surface area is 189 Å². The monoisotopic (exact) mass is 511 g/mol. The topological polar surface area (TPSA) is 81.9 Å². The van der Waals surface area contributed by atoms with Gasteiger partial charge in [-0.3, -0.25) is 14.7 Å². The van der Waals surface area contributed by atoms with E-state index in [1.807, 2.05) is 24.3 Å². The minimum atomic E-state index is -0.256. The lowest BCUT2D eigenvalue weighted by molar-refractivity contribution is 0.0996. The minimum absolute atomic E-state index is 0. The first kappa shape index (κ1) is 23.2. The Morgan fingerprint density at radius 3 is 2.69 bits per heavy atom. The molecular formula is C21H30IN5O2. The highest BCUT2D eigenvalue weighted by molar-refractivity contribution is 14.0. The third kappa shape index (κ3) is 6.74. The number of anilines is 1. The summed E-state index contributed by atoms with van der Waals surface area (Å²) in [5.41, 5.74) is 1.84. The van der Waals surface area contributed by atoms with Gasteiger partial charge in [0.05, 0.1) is 6.26 Å². The fraction of sp³-hybridized carbons (Fsp3) is 0.429. The molecule has 1 fully saturated rings. The summed E-state index contributed by atoms with van der Waals surface area (Å²) in [5, 5.41) is 9.59. The van der Waals surface area contributed by atoms with Crippen molar-refractivity contribution >= 4 is 41.5 Å². The first-order valence-corrected chi connectivity index (χ1v) is 9.82. The van der Waals surface area contributed by atoms with E-state index in [1.165, 1.54) is 25.6 Å². The third-order valence-corrected chi connectivity index (χ3v) is 5.05. The summed E-state index contributed by atoms with van der Waals surface area (Å²) in [4.78, 5) is 18.8. The zero-order valence-electron chi connectivity index (χ0n) is 17.0. The third-order valence-electron chi connectivity index (χ3n) is 5.05. The predicted octanol–water partition coefficient (Wildman–Crippen LogP) is 3.30. The molecule has 1 atom stereocenters. The van der Waals surface area contributed by atoms with Crippen LogP contribution in [0.15, 0.2) is 52.1 Å². The molecule has 158 valence electrons. The van der Waals surface area contributed by atoms with Gasteiger partial charge < -0.3 is 20.4 Å². The lowest BCUT2D eigenvalue weighted by atomic mass is 10.2. The zero-order chi connectivity index (χ0) is 19.8. The van der Waals surface area contributed by atoms with Gasteiger partial charge in [0.1, 0.15) is 0 Å². The van der Waals surface area contributed by atoms with Crippen LogP contribution in [0.4, 0.5) is 5.69 Å². The molecule has 3 N–H and O–H groups in total. The minimum Gasteiger partial charge on any atom is -0.459 e. The first-order chi connectivity index (χ1) is 13.7. The number of nitrogens with one attached hydrogen (secondary N) is 3. The van der Waals surface area contributed by atoms with Gasteiger partial charge in [-0.15, -0.1) is 24.0 Å². The molecule has 1 saturated heterocycles. The predicted molar refractivity (Wildman–Crippen MR) is 127 cm³/mol. The summed E-state index contributed by atoms with van der Waals surface area (Å²) in [6, 6.07) is 11.6. The summed E-state index contributed by atoms with van der Waals surface area (Å²) in [7, 11) is 1.79. The smallest absolute Gasteiger partial charge is 0.291 e. The van der Waals surface area contributed by atoms with E-state index in [4.69, 9.17) is 4.42 Å². The van der Waals surface area contributed by atoms with Gasteiger partial charge in [0, 0.05) is 31.9 Å². The maximum absolute atomic E-state index is 12.0. The summed E-state index contributed by atoms with van der Waals surface area (Å²) in [5.74, 6) is 0.844. The summed E-state index contributed by atoms with van der Waals surface area (Å²) >= 11 is 0. The van der Waals surface area contributed by atoms with E-state index < -0.39 is 0 Å². The fourth-order valence-corrected chi connectivity index (χ4v) is 3.47. The average molecular weight is 511 g/mol. The second-order valence-corrected chi connectivity index (χ2v) is 6.86. The number of aliphatic imine (C=N–C) groups is 1. The van der Waals surface area contributed by atoms with Crippen molar-refractivity contribution in [2.45, 2.75) is 32.4 Å². The van der Waals surface area contributed by atoms with E-state index in [-0.39, 0.29) is 29.9 Å². The largest absolute Gasteiger partial charge is 0.459 e. The summed E-state index contributed by atoms with van der Waals surface area (Å²) in [6.45, 7) is 6.07.